The summed E-state index contributed by atoms with van der Waals surface area (Å²) in [5.74, 6) is -0.155. The molecule has 104 valence electrons. The second-order valence-corrected chi connectivity index (χ2v) is 3.94. The summed E-state index contributed by atoms with van der Waals surface area (Å²) in [5, 5.41) is 11.1. The van der Waals surface area contributed by atoms with Crippen LogP contribution in [0.4, 0.5) is 5.69 Å². The van der Waals surface area contributed by atoms with Gasteiger partial charge in [0.05, 0.1) is 30.6 Å². The van der Waals surface area contributed by atoms with Crippen LogP contribution in [0.15, 0.2) is 12.1 Å². The van der Waals surface area contributed by atoms with Crippen molar-refractivity contribution in [2.24, 2.45) is 0 Å². The quantitative estimate of drug-likeness (QED) is 0.347. The lowest BCUT2D eigenvalue weighted by Crippen LogP contribution is -2.10. The molecule has 0 fully saturated rings. The van der Waals surface area contributed by atoms with Crippen molar-refractivity contribution in [2.75, 3.05) is 13.7 Å². The molecule has 0 bridgehead atoms. The zero-order valence-corrected chi connectivity index (χ0v) is 11.4. The van der Waals surface area contributed by atoms with Crippen molar-refractivity contribution in [1.82, 2.24) is 0 Å². The molecule has 7 heteroatoms. The molecule has 0 aromatic heterocycles. The normalized spacial score (nSPS) is 10.1. The fraction of sp³-hybridized carbons (Fsp3) is 0.417. The molecule has 0 aliphatic rings. The second kappa shape index (κ2) is 6.94. The average Bonchev–Trinajstić information content (AvgIpc) is 2.38. The van der Waals surface area contributed by atoms with Crippen LogP contribution in [0.1, 0.15) is 18.1 Å². The molecular formula is C12H14ClNO5. The Hall–Kier alpha value is -1.82. The minimum atomic E-state index is -0.562. The van der Waals surface area contributed by atoms with Crippen molar-refractivity contribution < 1.29 is 19.2 Å². The molecule has 0 N–H and O–H groups in total. The van der Waals surface area contributed by atoms with Crippen molar-refractivity contribution in [3.05, 3.63) is 33.4 Å². The van der Waals surface area contributed by atoms with Crippen LogP contribution in [0.5, 0.6) is 5.75 Å². The van der Waals surface area contributed by atoms with Gasteiger partial charge in [0.25, 0.3) is 5.69 Å². The summed E-state index contributed by atoms with van der Waals surface area (Å²) in [5.41, 5.74) is 0.556. The van der Waals surface area contributed by atoms with Gasteiger partial charge in [-0.05, 0) is 18.6 Å². The number of esters is 1. The number of methoxy groups -OCH3 is 1. The SMILES string of the molecule is CCOC(=O)Cc1c(OC)cc(CCl)cc1[N+](=O)[O-]. The number of nitro groups is 1. The van der Waals surface area contributed by atoms with Gasteiger partial charge in [-0.3, -0.25) is 14.9 Å². The van der Waals surface area contributed by atoms with Gasteiger partial charge in [-0.1, -0.05) is 0 Å². The molecule has 0 amide bonds. The van der Waals surface area contributed by atoms with E-state index in [9.17, 15) is 14.9 Å². The first-order valence-electron chi connectivity index (χ1n) is 5.59. The number of carbonyl (C=O) groups is 1. The lowest BCUT2D eigenvalue weighted by atomic mass is 10.1. The molecule has 1 aromatic rings. The van der Waals surface area contributed by atoms with Crippen LogP contribution >= 0.6 is 11.6 Å². The molecule has 1 rings (SSSR count). The molecule has 19 heavy (non-hydrogen) atoms. The first kappa shape index (κ1) is 15.2. The highest BCUT2D eigenvalue weighted by atomic mass is 35.5. The van der Waals surface area contributed by atoms with E-state index in [4.69, 9.17) is 21.1 Å². The lowest BCUT2D eigenvalue weighted by Gasteiger charge is -2.10. The monoisotopic (exact) mass is 287 g/mol. The molecule has 0 aliphatic heterocycles. The largest absolute Gasteiger partial charge is 0.496 e. The van der Waals surface area contributed by atoms with Gasteiger partial charge in [0.1, 0.15) is 5.75 Å². The number of benzene rings is 1. The molecule has 0 aliphatic carbocycles. The van der Waals surface area contributed by atoms with Gasteiger partial charge < -0.3 is 9.47 Å². The van der Waals surface area contributed by atoms with Crippen LogP contribution in [0.2, 0.25) is 0 Å². The van der Waals surface area contributed by atoms with Gasteiger partial charge in [0.15, 0.2) is 0 Å². The minimum absolute atomic E-state index is 0.122. The number of nitrogens with zero attached hydrogens (tertiary/aromatic N) is 1. The van der Waals surface area contributed by atoms with E-state index < -0.39 is 10.9 Å². The summed E-state index contributed by atoms with van der Waals surface area (Å²) in [6, 6.07) is 2.92. The van der Waals surface area contributed by atoms with E-state index in [0.29, 0.717) is 5.56 Å². The number of rotatable bonds is 6. The number of halogens is 1. The highest BCUT2D eigenvalue weighted by Gasteiger charge is 2.23. The Kier molecular flexibility index (Phi) is 5.57. The molecule has 0 saturated carbocycles. The first-order valence-corrected chi connectivity index (χ1v) is 6.12. The Labute approximate surface area is 115 Å². The maximum absolute atomic E-state index is 11.5. The van der Waals surface area contributed by atoms with Crippen LogP contribution in [-0.2, 0) is 21.8 Å². The average molecular weight is 288 g/mol. The fourth-order valence-electron chi connectivity index (χ4n) is 1.64. The number of carbonyl (C=O) groups excluding carboxylic acids is 1. The number of nitro benzene ring substituents is 1. The predicted octanol–water partition coefficient (Wildman–Crippen LogP) is 2.45. The minimum Gasteiger partial charge on any atom is -0.496 e. The smallest absolute Gasteiger partial charge is 0.310 e. The van der Waals surface area contributed by atoms with Crippen molar-refractivity contribution in [2.45, 2.75) is 19.2 Å². The van der Waals surface area contributed by atoms with E-state index in [2.05, 4.69) is 0 Å². The third-order valence-corrected chi connectivity index (χ3v) is 2.75. The summed E-state index contributed by atoms with van der Waals surface area (Å²) in [4.78, 5) is 22.0. The van der Waals surface area contributed by atoms with E-state index >= 15 is 0 Å². The van der Waals surface area contributed by atoms with Gasteiger partial charge in [0, 0.05) is 11.9 Å². The van der Waals surface area contributed by atoms with E-state index in [-0.39, 0.29) is 35.9 Å². The Bertz CT molecular complexity index is 489. The van der Waals surface area contributed by atoms with Crippen LogP contribution < -0.4 is 4.74 Å². The number of hydrogen-bond acceptors (Lipinski definition) is 5. The van der Waals surface area contributed by atoms with Gasteiger partial charge in [-0.2, -0.15) is 0 Å². The van der Waals surface area contributed by atoms with E-state index in [1.807, 2.05) is 0 Å². The van der Waals surface area contributed by atoms with E-state index in [1.165, 1.54) is 13.2 Å². The summed E-state index contributed by atoms with van der Waals surface area (Å²) in [6.45, 7) is 1.88. The Morgan fingerprint density at radius 2 is 2.16 bits per heavy atom. The molecule has 0 atom stereocenters. The molecule has 0 spiro atoms. The van der Waals surface area contributed by atoms with Crippen molar-refractivity contribution in [3.63, 3.8) is 0 Å². The van der Waals surface area contributed by atoms with Gasteiger partial charge >= 0.3 is 5.97 Å². The molecule has 0 radical (unpaired) electrons. The summed E-state index contributed by atoms with van der Waals surface area (Å²) in [7, 11) is 1.38. The molecule has 0 saturated heterocycles. The Balaban J connectivity index is 3.25. The molecule has 0 unspecified atom stereocenters. The number of alkyl halides is 1. The van der Waals surface area contributed by atoms with Crippen LogP contribution in [-0.4, -0.2) is 24.6 Å². The van der Waals surface area contributed by atoms with Crippen LogP contribution in [0, 0.1) is 10.1 Å². The van der Waals surface area contributed by atoms with E-state index in [1.54, 1.807) is 13.0 Å². The summed E-state index contributed by atoms with van der Waals surface area (Å²) >= 11 is 5.67. The second-order valence-electron chi connectivity index (χ2n) is 3.67. The van der Waals surface area contributed by atoms with Crippen molar-refractivity contribution >= 4 is 23.3 Å². The molecule has 6 nitrogen and oxygen atoms in total. The van der Waals surface area contributed by atoms with Crippen molar-refractivity contribution in [3.8, 4) is 5.75 Å². The first-order chi connectivity index (χ1) is 9.03. The topological polar surface area (TPSA) is 78.7 Å². The van der Waals surface area contributed by atoms with Crippen LogP contribution in [0.25, 0.3) is 0 Å². The summed E-state index contributed by atoms with van der Waals surface area (Å²) < 4.78 is 9.88. The lowest BCUT2D eigenvalue weighted by molar-refractivity contribution is -0.385. The third kappa shape index (κ3) is 3.82. The van der Waals surface area contributed by atoms with Crippen LogP contribution in [0.3, 0.4) is 0 Å². The maximum Gasteiger partial charge on any atom is 0.310 e. The zero-order valence-electron chi connectivity index (χ0n) is 10.6. The maximum atomic E-state index is 11.5. The number of hydrogen-bond donors (Lipinski definition) is 0. The van der Waals surface area contributed by atoms with Gasteiger partial charge in [0.2, 0.25) is 0 Å². The highest BCUT2D eigenvalue weighted by molar-refractivity contribution is 6.17. The molecule has 0 heterocycles. The van der Waals surface area contributed by atoms with Gasteiger partial charge in [-0.15, -0.1) is 11.6 Å². The molecular weight excluding hydrogens is 274 g/mol. The third-order valence-electron chi connectivity index (χ3n) is 2.44. The van der Waals surface area contributed by atoms with E-state index in [0.717, 1.165) is 0 Å². The Morgan fingerprint density at radius 1 is 1.47 bits per heavy atom. The van der Waals surface area contributed by atoms with Gasteiger partial charge in [-0.25, -0.2) is 0 Å². The summed E-state index contributed by atoms with van der Waals surface area (Å²) in [6.07, 6.45) is -0.212. The fourth-order valence-corrected chi connectivity index (χ4v) is 1.80. The molecule has 1 aromatic carbocycles. The Morgan fingerprint density at radius 3 is 2.63 bits per heavy atom. The van der Waals surface area contributed by atoms with Crippen molar-refractivity contribution in [1.29, 1.82) is 0 Å². The zero-order chi connectivity index (χ0) is 14.4. The number of ether oxygens (including phenoxy) is 2. The highest BCUT2D eigenvalue weighted by Crippen LogP contribution is 2.31. The predicted molar refractivity (Wildman–Crippen MR) is 69.5 cm³/mol. The standard InChI is InChI=1S/C12H14ClNO5/c1-3-19-12(15)6-9-10(14(16)17)4-8(7-13)5-11(9)18-2/h4-5H,3,6-7H2,1-2H3.